The normalized spacial score (nSPS) is 25.5. The monoisotopic (exact) mass is 592 g/mol. The number of aliphatic hydroxyl groups is 1. The van der Waals surface area contributed by atoms with Crippen LogP contribution in [0.25, 0.3) is 11.2 Å². The number of anilines is 1. The Morgan fingerprint density at radius 2 is 2.05 bits per heavy atom. The molecule has 1 aliphatic rings. The standard InChI is InChI=1S/C23H35ClFN6O7P/c1-7-8-15(33)27-18-16-19(29-22(24)28-18)31(11-26-16)20-17(25)23(5,10-32)14(38-20)9-36-39(6,35)30-13(4)21(34)37-12(2)3/h11-14,17,20,32H,7-10H2,1-6H3,(H,30,35)(H,27,28,29,33)/t13-,14+,17-,20+,23?,39?/m0/s1. The lowest BCUT2D eigenvalue weighted by Crippen LogP contribution is -2.41. The number of fused-ring (bicyclic) bond motifs is 1. The van der Waals surface area contributed by atoms with Crippen molar-refractivity contribution in [3.05, 3.63) is 11.6 Å². The lowest BCUT2D eigenvalue weighted by molar-refractivity contribution is -0.149. The quantitative estimate of drug-likeness (QED) is 0.188. The molecule has 0 radical (unpaired) electrons. The molecule has 3 rings (SSSR count). The molecular formula is C23H35ClFN6O7P. The highest BCUT2D eigenvalue weighted by Crippen LogP contribution is 2.48. The number of carbonyl (C=O) groups excluding carboxylic acids is 2. The molecule has 1 amide bonds. The second kappa shape index (κ2) is 12.5. The molecule has 13 nitrogen and oxygen atoms in total. The highest BCUT2D eigenvalue weighted by Gasteiger charge is 2.55. The largest absolute Gasteiger partial charge is 0.462 e. The fourth-order valence-electron chi connectivity index (χ4n) is 4.09. The number of esters is 1. The second-order valence-electron chi connectivity index (χ2n) is 10.0. The number of aliphatic hydroxyl groups excluding tert-OH is 1. The number of halogens is 2. The summed E-state index contributed by atoms with van der Waals surface area (Å²) in [6, 6.07) is -0.924. The number of rotatable bonds is 12. The van der Waals surface area contributed by atoms with Crippen LogP contribution in [0.15, 0.2) is 6.33 Å². The van der Waals surface area contributed by atoms with Crippen molar-refractivity contribution in [1.29, 1.82) is 0 Å². The van der Waals surface area contributed by atoms with Gasteiger partial charge in [-0.2, -0.15) is 9.97 Å². The smallest absolute Gasteiger partial charge is 0.323 e. The van der Waals surface area contributed by atoms with Gasteiger partial charge in [0.15, 0.2) is 29.4 Å². The first-order chi connectivity index (χ1) is 18.2. The predicted molar refractivity (Wildman–Crippen MR) is 141 cm³/mol. The highest BCUT2D eigenvalue weighted by atomic mass is 35.5. The first-order valence-corrected chi connectivity index (χ1v) is 15.0. The van der Waals surface area contributed by atoms with Gasteiger partial charge < -0.3 is 24.4 Å². The summed E-state index contributed by atoms with van der Waals surface area (Å²) in [6.45, 7) is 8.49. The summed E-state index contributed by atoms with van der Waals surface area (Å²) in [5.41, 5.74) is -1.18. The average Bonchev–Trinajstić information content (AvgIpc) is 3.36. The zero-order valence-electron chi connectivity index (χ0n) is 22.7. The van der Waals surface area contributed by atoms with E-state index in [1.54, 1.807) is 13.8 Å². The molecule has 2 unspecified atom stereocenters. The summed E-state index contributed by atoms with van der Waals surface area (Å²) >= 11 is 6.08. The minimum absolute atomic E-state index is 0.0727. The van der Waals surface area contributed by atoms with Crippen LogP contribution in [0, 0.1) is 5.41 Å². The van der Waals surface area contributed by atoms with Gasteiger partial charge in [-0.15, -0.1) is 0 Å². The number of carbonyl (C=O) groups is 2. The molecule has 0 spiro atoms. The maximum atomic E-state index is 15.9. The van der Waals surface area contributed by atoms with Crippen molar-refractivity contribution in [2.24, 2.45) is 5.41 Å². The number of amides is 1. The van der Waals surface area contributed by atoms with Crippen molar-refractivity contribution in [2.45, 2.75) is 78.1 Å². The summed E-state index contributed by atoms with van der Waals surface area (Å²) in [4.78, 5) is 36.6. The molecule has 0 saturated carbocycles. The molecule has 3 N–H and O–H groups in total. The first kappa shape index (κ1) is 31.3. The molecule has 2 aromatic heterocycles. The topological polar surface area (TPSA) is 167 Å². The van der Waals surface area contributed by atoms with Crippen LogP contribution in [0.4, 0.5) is 10.2 Å². The Hall–Kier alpha value is -2.22. The predicted octanol–water partition coefficient (Wildman–Crippen LogP) is 3.22. The third kappa shape index (κ3) is 7.11. The van der Waals surface area contributed by atoms with E-state index >= 15 is 4.39 Å². The van der Waals surface area contributed by atoms with Crippen molar-refractivity contribution < 1.29 is 37.6 Å². The summed E-state index contributed by atoms with van der Waals surface area (Å²) < 4.78 is 46.8. The fourth-order valence-corrected chi connectivity index (χ4v) is 5.56. The Bertz CT molecular complexity index is 1250. The van der Waals surface area contributed by atoms with Crippen molar-refractivity contribution in [3.8, 4) is 0 Å². The van der Waals surface area contributed by atoms with Gasteiger partial charge in [-0.05, 0) is 38.8 Å². The molecule has 39 heavy (non-hydrogen) atoms. The summed E-state index contributed by atoms with van der Waals surface area (Å²) in [5, 5.41) is 15.2. The molecule has 0 aliphatic carbocycles. The van der Waals surface area contributed by atoms with E-state index in [4.69, 9.17) is 25.6 Å². The zero-order chi connectivity index (χ0) is 29.1. The van der Waals surface area contributed by atoms with E-state index in [1.165, 1.54) is 31.4 Å². The maximum Gasteiger partial charge on any atom is 0.323 e. The van der Waals surface area contributed by atoms with E-state index in [9.17, 15) is 19.3 Å². The molecule has 1 fully saturated rings. The first-order valence-electron chi connectivity index (χ1n) is 12.5. The number of aromatic nitrogens is 4. The van der Waals surface area contributed by atoms with E-state index in [-0.39, 0.29) is 47.3 Å². The van der Waals surface area contributed by atoms with Crippen molar-refractivity contribution >= 4 is 48.0 Å². The molecule has 218 valence electrons. The lowest BCUT2D eigenvalue weighted by atomic mass is 9.82. The second-order valence-corrected chi connectivity index (χ2v) is 12.6. The van der Waals surface area contributed by atoms with Crippen molar-refractivity contribution in [2.75, 3.05) is 25.2 Å². The average molecular weight is 593 g/mol. The fraction of sp³-hybridized carbons (Fsp3) is 0.696. The molecule has 3 heterocycles. The minimum Gasteiger partial charge on any atom is -0.462 e. The zero-order valence-corrected chi connectivity index (χ0v) is 24.3. The highest BCUT2D eigenvalue weighted by molar-refractivity contribution is 7.56. The minimum atomic E-state index is -3.57. The lowest BCUT2D eigenvalue weighted by Gasteiger charge is -2.30. The van der Waals surface area contributed by atoms with Crippen LogP contribution >= 0.6 is 19.1 Å². The van der Waals surface area contributed by atoms with Crippen LogP contribution in [-0.2, 0) is 28.2 Å². The van der Waals surface area contributed by atoms with E-state index < -0.39 is 50.1 Å². The van der Waals surface area contributed by atoms with Crippen LogP contribution in [0.3, 0.4) is 0 Å². The van der Waals surface area contributed by atoms with Gasteiger partial charge in [0.25, 0.3) is 7.52 Å². The van der Waals surface area contributed by atoms with Gasteiger partial charge in [0.05, 0.1) is 37.2 Å². The van der Waals surface area contributed by atoms with Gasteiger partial charge in [0, 0.05) is 13.1 Å². The van der Waals surface area contributed by atoms with Gasteiger partial charge in [-0.25, -0.2) is 14.5 Å². The van der Waals surface area contributed by atoms with Gasteiger partial charge >= 0.3 is 5.97 Å². The SMILES string of the molecule is CCCC(=O)Nc1nc(Cl)nc2c1ncn2[C@@H]1O[C@H](COP(C)(=O)N[C@@H](C)C(=O)OC(C)C)C(C)(CO)[C@H]1F. The number of ether oxygens (including phenoxy) is 2. The van der Waals surface area contributed by atoms with E-state index in [2.05, 4.69) is 25.4 Å². The van der Waals surface area contributed by atoms with Crippen LogP contribution in [0.5, 0.6) is 0 Å². The molecule has 0 aromatic carbocycles. The van der Waals surface area contributed by atoms with E-state index in [0.717, 1.165) is 0 Å². The summed E-state index contributed by atoms with van der Waals surface area (Å²) in [7, 11) is -3.57. The Balaban J connectivity index is 1.81. The Labute approximate surface area is 230 Å². The number of alkyl halides is 1. The third-order valence-corrected chi connectivity index (χ3v) is 7.94. The summed E-state index contributed by atoms with van der Waals surface area (Å²) in [5.74, 6) is -0.823. The van der Waals surface area contributed by atoms with Crippen LogP contribution < -0.4 is 10.4 Å². The van der Waals surface area contributed by atoms with Gasteiger partial charge in [-0.1, -0.05) is 13.8 Å². The van der Waals surface area contributed by atoms with Crippen molar-refractivity contribution in [3.63, 3.8) is 0 Å². The number of imidazole rings is 1. The summed E-state index contributed by atoms with van der Waals surface area (Å²) in [6.07, 6.45) is -2.33. The number of hydrogen-bond donors (Lipinski definition) is 3. The van der Waals surface area contributed by atoms with Gasteiger partial charge in [-0.3, -0.25) is 18.7 Å². The maximum absolute atomic E-state index is 15.9. The molecule has 1 aliphatic heterocycles. The third-order valence-electron chi connectivity index (χ3n) is 6.27. The van der Waals surface area contributed by atoms with E-state index in [1.807, 2.05) is 6.92 Å². The molecule has 6 atom stereocenters. The van der Waals surface area contributed by atoms with Crippen LogP contribution in [-0.4, -0.2) is 80.8 Å². The number of nitrogens with zero attached hydrogens (tertiary/aromatic N) is 4. The molecule has 16 heteroatoms. The van der Waals surface area contributed by atoms with E-state index in [0.29, 0.717) is 6.42 Å². The van der Waals surface area contributed by atoms with Gasteiger partial charge in [0.2, 0.25) is 11.2 Å². The number of nitrogens with one attached hydrogen (secondary N) is 2. The van der Waals surface area contributed by atoms with Crippen molar-refractivity contribution in [1.82, 2.24) is 24.6 Å². The van der Waals surface area contributed by atoms with Crippen LogP contribution in [0.1, 0.15) is 53.7 Å². The number of hydrogen-bond acceptors (Lipinski definition) is 10. The molecular weight excluding hydrogens is 558 g/mol. The molecule has 2 aromatic rings. The Kier molecular flexibility index (Phi) is 10.1. The Morgan fingerprint density at radius 3 is 2.67 bits per heavy atom. The molecule has 0 bridgehead atoms. The molecule has 1 saturated heterocycles. The van der Waals surface area contributed by atoms with Gasteiger partial charge in [0.1, 0.15) is 6.04 Å². The Morgan fingerprint density at radius 1 is 1.36 bits per heavy atom. The van der Waals surface area contributed by atoms with Crippen LogP contribution in [0.2, 0.25) is 5.28 Å².